The summed E-state index contributed by atoms with van der Waals surface area (Å²) < 4.78 is 0. The van der Waals surface area contributed by atoms with Crippen molar-refractivity contribution in [3.63, 3.8) is 0 Å². The van der Waals surface area contributed by atoms with E-state index in [0.29, 0.717) is 17.6 Å². The monoisotopic (exact) mass is 296 g/mol. The van der Waals surface area contributed by atoms with Crippen LogP contribution >= 0.6 is 0 Å². The van der Waals surface area contributed by atoms with Crippen LogP contribution in [0.15, 0.2) is 12.1 Å². The molecule has 0 amide bonds. The van der Waals surface area contributed by atoms with Crippen molar-refractivity contribution >= 4 is 0 Å². The molecule has 1 aromatic carbocycles. The molecule has 4 saturated carbocycles. The molecular formula is C21H28O. The predicted molar refractivity (Wildman–Crippen MR) is 89.2 cm³/mol. The van der Waals surface area contributed by atoms with Gasteiger partial charge in [-0.3, -0.25) is 0 Å². The summed E-state index contributed by atoms with van der Waals surface area (Å²) in [7, 11) is 0. The molecule has 118 valence electrons. The van der Waals surface area contributed by atoms with Gasteiger partial charge in [-0.05, 0) is 92.1 Å². The van der Waals surface area contributed by atoms with Gasteiger partial charge in [0.05, 0.1) is 0 Å². The first kappa shape index (κ1) is 13.5. The van der Waals surface area contributed by atoms with E-state index in [2.05, 4.69) is 19.1 Å². The van der Waals surface area contributed by atoms with Gasteiger partial charge in [0, 0.05) is 0 Å². The first-order valence-electron chi connectivity index (χ1n) is 9.52. The number of aromatic hydroxyl groups is 1. The van der Waals surface area contributed by atoms with Crippen LogP contribution in [0.2, 0.25) is 0 Å². The van der Waals surface area contributed by atoms with E-state index < -0.39 is 0 Å². The second-order valence-electron chi connectivity index (χ2n) is 8.85. The van der Waals surface area contributed by atoms with Crippen molar-refractivity contribution in [2.24, 2.45) is 23.7 Å². The Labute approximate surface area is 134 Å². The normalized spacial score (nSPS) is 42.4. The zero-order chi connectivity index (χ0) is 14.8. The van der Waals surface area contributed by atoms with Gasteiger partial charge in [-0.1, -0.05) is 30.5 Å². The van der Waals surface area contributed by atoms with E-state index >= 15 is 0 Å². The van der Waals surface area contributed by atoms with Gasteiger partial charge in [0.2, 0.25) is 0 Å². The summed E-state index contributed by atoms with van der Waals surface area (Å²) in [5.41, 5.74) is 3.99. The molecule has 1 heteroatoms. The Morgan fingerprint density at radius 1 is 0.773 bits per heavy atom. The summed E-state index contributed by atoms with van der Waals surface area (Å²) in [5, 5.41) is 11.1. The summed E-state index contributed by atoms with van der Waals surface area (Å²) in [5.74, 6) is 5.59. The van der Waals surface area contributed by atoms with Crippen LogP contribution in [0.4, 0.5) is 0 Å². The van der Waals surface area contributed by atoms with E-state index in [1.54, 1.807) is 0 Å². The second kappa shape index (κ2) is 4.76. The highest BCUT2D eigenvalue weighted by atomic mass is 16.3. The fourth-order valence-electron chi connectivity index (χ4n) is 6.65. The first-order valence-corrected chi connectivity index (χ1v) is 9.52. The van der Waals surface area contributed by atoms with Crippen molar-refractivity contribution in [2.75, 3.05) is 0 Å². The topological polar surface area (TPSA) is 20.2 Å². The fraction of sp³-hybridized carbons (Fsp3) is 0.714. The molecule has 0 radical (unpaired) electrons. The average Bonchev–Trinajstić information content (AvgIpc) is 3.29. The highest BCUT2D eigenvalue weighted by Crippen LogP contribution is 2.58. The molecule has 0 saturated heterocycles. The number of rotatable bonds is 2. The van der Waals surface area contributed by atoms with Crippen LogP contribution < -0.4 is 0 Å². The van der Waals surface area contributed by atoms with Crippen LogP contribution in [0.3, 0.4) is 0 Å². The van der Waals surface area contributed by atoms with E-state index in [0.717, 1.165) is 23.7 Å². The van der Waals surface area contributed by atoms with Crippen LogP contribution in [0.5, 0.6) is 5.75 Å². The lowest BCUT2D eigenvalue weighted by Gasteiger charge is -2.28. The second-order valence-corrected chi connectivity index (χ2v) is 8.85. The number of aryl methyl sites for hydroxylation is 1. The smallest absolute Gasteiger partial charge is 0.122 e. The molecule has 0 aliphatic heterocycles. The number of hydrogen-bond donors (Lipinski definition) is 1. The maximum atomic E-state index is 11.1. The van der Waals surface area contributed by atoms with Crippen molar-refractivity contribution in [1.29, 1.82) is 0 Å². The molecule has 1 aromatic rings. The highest BCUT2D eigenvalue weighted by molar-refractivity contribution is 5.48. The number of fused-ring (bicyclic) bond motifs is 4. The minimum atomic E-state index is 0.649. The van der Waals surface area contributed by atoms with Gasteiger partial charge >= 0.3 is 0 Å². The standard InChI is InChI=1S/C21H28O/c1-12-6-19(17-10-13-2-4-15(17)8-13)21(22)20(7-12)18-11-14-3-5-16(18)9-14/h6-7,13-18,22H,2-5,8-11H2,1H3/t13-,14+,15+,16-,17-,18-/m1/s1. The largest absolute Gasteiger partial charge is 0.507 e. The van der Waals surface area contributed by atoms with E-state index in [1.165, 1.54) is 68.1 Å². The molecule has 4 fully saturated rings. The van der Waals surface area contributed by atoms with Gasteiger partial charge in [-0.15, -0.1) is 0 Å². The van der Waals surface area contributed by atoms with Crippen LogP contribution in [-0.2, 0) is 0 Å². The third-order valence-electron chi connectivity index (χ3n) is 7.59. The van der Waals surface area contributed by atoms with Crippen LogP contribution in [0, 0.1) is 30.6 Å². The molecule has 4 aliphatic rings. The molecule has 0 heterocycles. The molecule has 0 unspecified atom stereocenters. The molecule has 6 atom stereocenters. The fourth-order valence-corrected chi connectivity index (χ4v) is 6.65. The van der Waals surface area contributed by atoms with Gasteiger partial charge < -0.3 is 5.11 Å². The Kier molecular flexibility index (Phi) is 2.91. The van der Waals surface area contributed by atoms with E-state index in [9.17, 15) is 5.11 Å². The Hall–Kier alpha value is -0.980. The number of benzene rings is 1. The first-order chi connectivity index (χ1) is 10.7. The summed E-state index contributed by atoms with van der Waals surface area (Å²) in [6.45, 7) is 2.23. The van der Waals surface area contributed by atoms with Crippen molar-refractivity contribution < 1.29 is 5.11 Å². The number of hydrogen-bond acceptors (Lipinski definition) is 1. The van der Waals surface area contributed by atoms with E-state index in [4.69, 9.17) is 0 Å². The molecule has 4 aliphatic carbocycles. The van der Waals surface area contributed by atoms with Crippen molar-refractivity contribution in [1.82, 2.24) is 0 Å². The summed E-state index contributed by atoms with van der Waals surface area (Å²) in [6, 6.07) is 4.61. The van der Waals surface area contributed by atoms with E-state index in [1.807, 2.05) is 0 Å². The Morgan fingerprint density at radius 2 is 1.27 bits per heavy atom. The molecule has 5 rings (SSSR count). The van der Waals surface area contributed by atoms with E-state index in [-0.39, 0.29) is 0 Å². The SMILES string of the molecule is Cc1cc([C@@H]2C[C@H]3CC[C@@H]2C3)c(O)c([C@@H]2C[C@@H]3CC[C@H]2C3)c1. The summed E-state index contributed by atoms with van der Waals surface area (Å²) >= 11 is 0. The third-order valence-corrected chi connectivity index (χ3v) is 7.59. The van der Waals surface area contributed by atoms with Crippen LogP contribution in [0.25, 0.3) is 0 Å². The summed E-state index contributed by atoms with van der Waals surface area (Å²) in [6.07, 6.45) is 11.2. The maximum absolute atomic E-state index is 11.1. The van der Waals surface area contributed by atoms with Crippen LogP contribution in [0.1, 0.15) is 79.9 Å². The number of phenols is 1. The molecule has 1 N–H and O–H groups in total. The zero-order valence-electron chi connectivity index (χ0n) is 13.7. The van der Waals surface area contributed by atoms with Gasteiger partial charge in [0.25, 0.3) is 0 Å². The minimum absolute atomic E-state index is 0.649. The number of phenolic OH excluding ortho intramolecular Hbond substituents is 1. The molecule has 1 nitrogen and oxygen atoms in total. The zero-order valence-corrected chi connectivity index (χ0v) is 13.7. The van der Waals surface area contributed by atoms with Gasteiger partial charge in [-0.2, -0.15) is 0 Å². The molecule has 0 spiro atoms. The maximum Gasteiger partial charge on any atom is 0.122 e. The highest BCUT2D eigenvalue weighted by Gasteiger charge is 2.44. The van der Waals surface area contributed by atoms with Crippen LogP contribution in [-0.4, -0.2) is 5.11 Å². The summed E-state index contributed by atoms with van der Waals surface area (Å²) in [4.78, 5) is 0. The lowest BCUT2D eigenvalue weighted by Crippen LogP contribution is -2.13. The molecule has 22 heavy (non-hydrogen) atoms. The van der Waals surface area contributed by atoms with Gasteiger partial charge in [0.1, 0.15) is 5.75 Å². The van der Waals surface area contributed by atoms with Crippen molar-refractivity contribution in [3.8, 4) is 5.75 Å². The predicted octanol–water partition coefficient (Wildman–Crippen LogP) is 5.51. The van der Waals surface area contributed by atoms with Crippen molar-refractivity contribution in [3.05, 3.63) is 28.8 Å². The quantitative estimate of drug-likeness (QED) is 0.763. The Morgan fingerprint density at radius 3 is 1.64 bits per heavy atom. The molecule has 0 aromatic heterocycles. The Bertz CT molecular complexity index is 555. The minimum Gasteiger partial charge on any atom is -0.507 e. The molecular weight excluding hydrogens is 268 g/mol. The average molecular weight is 296 g/mol. The lowest BCUT2D eigenvalue weighted by atomic mass is 9.77. The van der Waals surface area contributed by atoms with Gasteiger partial charge in [-0.25, -0.2) is 0 Å². The third kappa shape index (κ3) is 1.90. The Balaban J connectivity index is 1.53. The van der Waals surface area contributed by atoms with Gasteiger partial charge in [0.15, 0.2) is 0 Å². The molecule has 4 bridgehead atoms. The van der Waals surface area contributed by atoms with Crippen molar-refractivity contribution in [2.45, 2.75) is 70.1 Å². The lowest BCUT2D eigenvalue weighted by molar-refractivity contribution is 0.376.